The van der Waals surface area contributed by atoms with Crippen molar-refractivity contribution >= 4 is 5.97 Å². The minimum atomic E-state index is -0.849. The van der Waals surface area contributed by atoms with Gasteiger partial charge in [0.1, 0.15) is 5.75 Å². The van der Waals surface area contributed by atoms with Crippen LogP contribution in [0.15, 0.2) is 12.1 Å². The maximum absolute atomic E-state index is 11.9. The Morgan fingerprint density at radius 3 is 2.47 bits per heavy atom. The smallest absolute Gasteiger partial charge is 0.314 e. The quantitative estimate of drug-likeness (QED) is 0.858. The molecule has 1 saturated carbocycles. The van der Waals surface area contributed by atoms with Gasteiger partial charge in [0.05, 0.1) is 5.41 Å². The molecule has 1 aromatic rings. The topological polar surface area (TPSA) is 57.5 Å². The van der Waals surface area contributed by atoms with Crippen LogP contribution in [-0.2, 0) is 23.1 Å². The average molecular weight is 260 g/mol. The predicted octanol–water partition coefficient (Wildman–Crippen LogP) is 3.17. The molecule has 3 heteroatoms. The summed E-state index contributed by atoms with van der Waals surface area (Å²) >= 11 is 0. The lowest BCUT2D eigenvalue weighted by Crippen LogP contribution is -2.38. The zero-order chi connectivity index (χ0) is 13.5. The van der Waals surface area contributed by atoms with Crippen LogP contribution in [0.3, 0.4) is 0 Å². The van der Waals surface area contributed by atoms with Gasteiger partial charge >= 0.3 is 5.97 Å². The molecule has 0 heterocycles. The summed E-state index contributed by atoms with van der Waals surface area (Å²) in [6.07, 6.45) is 7.29. The number of aliphatic carboxylic acids is 1. The molecule has 0 aliphatic heterocycles. The van der Waals surface area contributed by atoms with Crippen molar-refractivity contribution in [3.8, 4) is 5.75 Å². The highest BCUT2D eigenvalue weighted by Gasteiger charge is 2.45. The molecule has 2 aliphatic carbocycles. The van der Waals surface area contributed by atoms with E-state index >= 15 is 0 Å². The lowest BCUT2D eigenvalue weighted by atomic mass is 9.67. The van der Waals surface area contributed by atoms with Gasteiger partial charge in [0, 0.05) is 5.56 Å². The van der Waals surface area contributed by atoms with Crippen LogP contribution in [0.4, 0.5) is 0 Å². The zero-order valence-electron chi connectivity index (χ0n) is 11.1. The zero-order valence-corrected chi connectivity index (χ0v) is 11.1. The van der Waals surface area contributed by atoms with Crippen LogP contribution in [0, 0.1) is 0 Å². The van der Waals surface area contributed by atoms with E-state index in [9.17, 15) is 15.0 Å². The van der Waals surface area contributed by atoms with Gasteiger partial charge < -0.3 is 10.2 Å². The Labute approximate surface area is 113 Å². The molecule has 19 heavy (non-hydrogen) atoms. The summed E-state index contributed by atoms with van der Waals surface area (Å²) in [6.45, 7) is 0. The van der Waals surface area contributed by atoms with Crippen LogP contribution in [0.1, 0.15) is 55.2 Å². The molecule has 102 valence electrons. The fourth-order valence-electron chi connectivity index (χ4n) is 3.91. The molecule has 1 aromatic carbocycles. The Morgan fingerprint density at radius 1 is 1.05 bits per heavy atom. The normalized spacial score (nSPS) is 21.1. The molecule has 0 saturated heterocycles. The molecular weight excluding hydrogens is 240 g/mol. The van der Waals surface area contributed by atoms with Gasteiger partial charge in [-0.2, -0.15) is 0 Å². The molecule has 0 atom stereocenters. The minimum absolute atomic E-state index is 0.185. The number of phenols is 1. The monoisotopic (exact) mass is 260 g/mol. The molecule has 0 unspecified atom stereocenters. The standard InChI is InChI=1S/C16H20O3/c17-13-8-7-11-5-4-6-12(11)14(13)16(15(18)19)9-2-1-3-10-16/h7-8,17H,1-6,9-10H2,(H,18,19). The van der Waals surface area contributed by atoms with Gasteiger partial charge in [-0.3, -0.25) is 4.79 Å². The van der Waals surface area contributed by atoms with E-state index in [0.29, 0.717) is 12.8 Å². The summed E-state index contributed by atoms with van der Waals surface area (Å²) in [4.78, 5) is 11.9. The number of rotatable bonds is 2. The number of carbonyl (C=O) groups is 1. The third-order valence-corrected chi connectivity index (χ3v) is 4.86. The molecule has 1 fully saturated rings. The largest absolute Gasteiger partial charge is 0.508 e. The number of carboxylic acids is 1. The summed E-state index contributed by atoms with van der Waals surface area (Å²) in [5.41, 5.74) is 2.23. The highest BCUT2D eigenvalue weighted by molar-refractivity contribution is 5.83. The maximum atomic E-state index is 11.9. The van der Waals surface area contributed by atoms with Crippen LogP contribution < -0.4 is 0 Å². The number of hydrogen-bond donors (Lipinski definition) is 2. The second kappa shape index (κ2) is 4.55. The van der Waals surface area contributed by atoms with Gasteiger partial charge in [-0.15, -0.1) is 0 Å². The molecule has 0 aromatic heterocycles. The first-order chi connectivity index (χ1) is 9.15. The van der Waals surface area contributed by atoms with E-state index in [4.69, 9.17) is 0 Å². The van der Waals surface area contributed by atoms with Gasteiger partial charge in [-0.1, -0.05) is 25.3 Å². The summed E-state index contributed by atoms with van der Waals surface area (Å²) in [5.74, 6) is -0.576. The Kier molecular flexibility index (Phi) is 3.00. The van der Waals surface area contributed by atoms with Crippen molar-refractivity contribution in [3.05, 3.63) is 28.8 Å². The molecule has 3 nitrogen and oxygen atoms in total. The molecule has 0 amide bonds. The molecule has 3 rings (SSSR count). The first-order valence-corrected chi connectivity index (χ1v) is 7.23. The summed E-state index contributed by atoms with van der Waals surface area (Å²) in [7, 11) is 0. The minimum Gasteiger partial charge on any atom is -0.508 e. The maximum Gasteiger partial charge on any atom is 0.314 e. The van der Waals surface area contributed by atoms with Gasteiger partial charge in [0.25, 0.3) is 0 Å². The van der Waals surface area contributed by atoms with E-state index in [1.54, 1.807) is 6.07 Å². The van der Waals surface area contributed by atoms with Crippen molar-refractivity contribution in [2.24, 2.45) is 0 Å². The number of aryl methyl sites for hydroxylation is 1. The highest BCUT2D eigenvalue weighted by atomic mass is 16.4. The summed E-state index contributed by atoms with van der Waals surface area (Å²) in [6, 6.07) is 3.65. The number of phenolic OH excluding ortho intramolecular Hbond substituents is 1. The van der Waals surface area contributed by atoms with Crippen molar-refractivity contribution < 1.29 is 15.0 Å². The first-order valence-electron chi connectivity index (χ1n) is 7.23. The van der Waals surface area contributed by atoms with Crippen molar-refractivity contribution in [1.82, 2.24) is 0 Å². The van der Waals surface area contributed by atoms with Crippen LogP contribution in [0.5, 0.6) is 5.75 Å². The molecular formula is C16H20O3. The van der Waals surface area contributed by atoms with Crippen molar-refractivity contribution in [1.29, 1.82) is 0 Å². The van der Waals surface area contributed by atoms with Gasteiger partial charge in [0.2, 0.25) is 0 Å². The molecule has 2 aliphatic rings. The fourth-order valence-corrected chi connectivity index (χ4v) is 3.91. The molecule has 0 radical (unpaired) electrons. The van der Waals surface area contributed by atoms with Gasteiger partial charge in [-0.25, -0.2) is 0 Å². The predicted molar refractivity (Wildman–Crippen MR) is 72.5 cm³/mol. The third-order valence-electron chi connectivity index (χ3n) is 4.86. The van der Waals surface area contributed by atoms with E-state index < -0.39 is 11.4 Å². The van der Waals surface area contributed by atoms with Crippen LogP contribution in [-0.4, -0.2) is 16.2 Å². The lowest BCUT2D eigenvalue weighted by Gasteiger charge is -2.35. The van der Waals surface area contributed by atoms with Crippen molar-refractivity contribution in [2.75, 3.05) is 0 Å². The van der Waals surface area contributed by atoms with Crippen LogP contribution in [0.25, 0.3) is 0 Å². The molecule has 2 N–H and O–H groups in total. The van der Waals surface area contributed by atoms with E-state index in [1.807, 2.05) is 6.07 Å². The van der Waals surface area contributed by atoms with Gasteiger partial charge in [0.15, 0.2) is 0 Å². The van der Waals surface area contributed by atoms with Crippen LogP contribution >= 0.6 is 0 Å². The number of carboxylic acid groups (broad SMARTS) is 1. The second-order valence-corrected chi connectivity index (χ2v) is 5.90. The van der Waals surface area contributed by atoms with E-state index in [1.165, 1.54) is 5.56 Å². The number of fused-ring (bicyclic) bond motifs is 1. The summed E-state index contributed by atoms with van der Waals surface area (Å²) < 4.78 is 0. The van der Waals surface area contributed by atoms with E-state index in [0.717, 1.165) is 49.7 Å². The first kappa shape index (κ1) is 12.5. The SMILES string of the molecule is O=C(O)C1(c2c(O)ccc3c2CCC3)CCCCC1. The second-order valence-electron chi connectivity index (χ2n) is 5.90. The number of aromatic hydroxyl groups is 1. The van der Waals surface area contributed by atoms with Crippen molar-refractivity contribution in [2.45, 2.75) is 56.8 Å². The lowest BCUT2D eigenvalue weighted by molar-refractivity contribution is -0.145. The van der Waals surface area contributed by atoms with Crippen molar-refractivity contribution in [3.63, 3.8) is 0 Å². The number of hydrogen-bond acceptors (Lipinski definition) is 2. The average Bonchev–Trinajstić information content (AvgIpc) is 2.87. The fraction of sp³-hybridized carbons (Fsp3) is 0.562. The van der Waals surface area contributed by atoms with E-state index in [2.05, 4.69) is 0 Å². The van der Waals surface area contributed by atoms with Crippen LogP contribution in [0.2, 0.25) is 0 Å². The Bertz CT molecular complexity index is 513. The Morgan fingerprint density at radius 2 is 1.79 bits per heavy atom. The number of benzene rings is 1. The Balaban J connectivity index is 2.18. The Hall–Kier alpha value is -1.51. The highest BCUT2D eigenvalue weighted by Crippen LogP contribution is 2.47. The summed E-state index contributed by atoms with van der Waals surface area (Å²) in [5, 5.41) is 20.1. The molecule has 0 bridgehead atoms. The molecule has 0 spiro atoms. The van der Waals surface area contributed by atoms with E-state index in [-0.39, 0.29) is 5.75 Å². The third kappa shape index (κ3) is 1.83. The van der Waals surface area contributed by atoms with Gasteiger partial charge in [-0.05, 0) is 49.3 Å².